The molecule has 0 unspecified atom stereocenters. The maximum Gasteiger partial charge on any atom is 0.422 e. The van der Waals surface area contributed by atoms with Crippen LogP contribution >= 0.6 is 0 Å². The fourth-order valence-electron chi connectivity index (χ4n) is 1.65. The lowest BCUT2D eigenvalue weighted by Gasteiger charge is -2.12. The van der Waals surface area contributed by atoms with E-state index in [1.165, 1.54) is 19.5 Å². The third-order valence-corrected chi connectivity index (χ3v) is 2.63. The largest absolute Gasteiger partial charge is 0.493 e. The first-order valence-corrected chi connectivity index (χ1v) is 6.29. The molecule has 4 nitrogen and oxygen atoms in total. The van der Waals surface area contributed by atoms with Crippen LogP contribution in [0.2, 0.25) is 0 Å². The van der Waals surface area contributed by atoms with Gasteiger partial charge in [0.1, 0.15) is 6.33 Å². The monoisotopic (exact) mass is 310 g/mol. The average molecular weight is 310 g/mol. The van der Waals surface area contributed by atoms with Crippen LogP contribution in [-0.4, -0.2) is 29.9 Å². The number of aromatic nitrogens is 2. The number of methoxy groups -OCH3 is 1. The summed E-state index contributed by atoms with van der Waals surface area (Å²) in [4.78, 5) is 7.84. The molecule has 0 radical (unpaired) electrons. The number of rotatable bonds is 5. The molecular formula is C15H13F3N2O2. The van der Waals surface area contributed by atoms with Crippen LogP contribution in [0.1, 0.15) is 11.3 Å². The van der Waals surface area contributed by atoms with E-state index in [0.29, 0.717) is 5.69 Å². The van der Waals surface area contributed by atoms with Gasteiger partial charge in [0.15, 0.2) is 18.1 Å². The van der Waals surface area contributed by atoms with Gasteiger partial charge in [-0.15, -0.1) is 0 Å². The maximum atomic E-state index is 12.2. The van der Waals surface area contributed by atoms with Gasteiger partial charge < -0.3 is 9.47 Å². The smallest absolute Gasteiger partial charge is 0.422 e. The van der Waals surface area contributed by atoms with Crippen molar-refractivity contribution in [2.45, 2.75) is 6.18 Å². The molecule has 116 valence electrons. The van der Waals surface area contributed by atoms with Crippen LogP contribution in [-0.2, 0) is 0 Å². The van der Waals surface area contributed by atoms with E-state index in [1.807, 2.05) is 0 Å². The first-order valence-electron chi connectivity index (χ1n) is 6.29. The Hall–Kier alpha value is -2.57. The number of halogens is 3. The van der Waals surface area contributed by atoms with Gasteiger partial charge in [0.05, 0.1) is 12.8 Å². The molecule has 0 spiro atoms. The number of hydrogen-bond donors (Lipinski definition) is 0. The van der Waals surface area contributed by atoms with Crippen LogP contribution in [0.15, 0.2) is 36.8 Å². The van der Waals surface area contributed by atoms with Crippen LogP contribution in [0.25, 0.3) is 12.2 Å². The molecule has 0 aliphatic rings. The summed E-state index contributed by atoms with van der Waals surface area (Å²) in [6.07, 6.45) is 2.16. The minimum Gasteiger partial charge on any atom is -0.493 e. The zero-order valence-corrected chi connectivity index (χ0v) is 11.7. The van der Waals surface area contributed by atoms with Crippen molar-refractivity contribution in [3.63, 3.8) is 0 Å². The van der Waals surface area contributed by atoms with Gasteiger partial charge in [-0.05, 0) is 29.8 Å². The third-order valence-electron chi connectivity index (χ3n) is 2.63. The van der Waals surface area contributed by atoms with Gasteiger partial charge in [0.25, 0.3) is 0 Å². The summed E-state index contributed by atoms with van der Waals surface area (Å²) in [7, 11) is 1.37. The lowest BCUT2D eigenvalue weighted by Crippen LogP contribution is -2.19. The van der Waals surface area contributed by atoms with E-state index in [1.54, 1.807) is 36.5 Å². The van der Waals surface area contributed by atoms with Gasteiger partial charge in [-0.2, -0.15) is 13.2 Å². The Labute approximate surface area is 125 Å². The molecule has 0 saturated carbocycles. The van der Waals surface area contributed by atoms with Crippen molar-refractivity contribution in [2.24, 2.45) is 0 Å². The summed E-state index contributed by atoms with van der Waals surface area (Å²) in [5.74, 6) is 0.271. The molecule has 0 aliphatic heterocycles. The van der Waals surface area contributed by atoms with E-state index >= 15 is 0 Å². The van der Waals surface area contributed by atoms with Crippen molar-refractivity contribution in [3.8, 4) is 11.5 Å². The topological polar surface area (TPSA) is 44.2 Å². The van der Waals surface area contributed by atoms with Crippen molar-refractivity contribution in [1.82, 2.24) is 9.97 Å². The van der Waals surface area contributed by atoms with Crippen LogP contribution < -0.4 is 9.47 Å². The van der Waals surface area contributed by atoms with Crippen molar-refractivity contribution in [3.05, 3.63) is 48.0 Å². The summed E-state index contributed by atoms with van der Waals surface area (Å²) in [6.45, 7) is -1.36. The van der Waals surface area contributed by atoms with Gasteiger partial charge in [-0.25, -0.2) is 9.97 Å². The van der Waals surface area contributed by atoms with Crippen LogP contribution in [0.4, 0.5) is 13.2 Å². The number of ether oxygens (including phenoxy) is 2. The van der Waals surface area contributed by atoms with Gasteiger partial charge in [-0.1, -0.05) is 12.1 Å². The molecule has 0 aliphatic carbocycles. The van der Waals surface area contributed by atoms with Gasteiger partial charge in [-0.3, -0.25) is 0 Å². The second kappa shape index (κ2) is 6.93. The Morgan fingerprint density at radius 1 is 1.14 bits per heavy atom. The molecule has 1 aromatic heterocycles. The number of hydrogen-bond acceptors (Lipinski definition) is 4. The molecule has 0 bridgehead atoms. The van der Waals surface area contributed by atoms with E-state index < -0.39 is 12.8 Å². The molecule has 2 aromatic rings. The molecule has 1 aromatic carbocycles. The summed E-state index contributed by atoms with van der Waals surface area (Å²) in [5, 5.41) is 0. The van der Waals surface area contributed by atoms with E-state index in [9.17, 15) is 13.2 Å². The summed E-state index contributed by atoms with van der Waals surface area (Å²) < 4.78 is 46.3. The van der Waals surface area contributed by atoms with Crippen molar-refractivity contribution in [2.75, 3.05) is 13.7 Å². The Kier molecular flexibility index (Phi) is 4.98. The highest BCUT2D eigenvalue weighted by molar-refractivity contribution is 5.69. The van der Waals surface area contributed by atoms with Crippen LogP contribution in [0.5, 0.6) is 11.5 Å². The minimum absolute atomic E-state index is 0.0408. The SMILES string of the molecule is COc1cc(/C=C/c2ccncn2)ccc1OCC(F)(F)F. The van der Waals surface area contributed by atoms with E-state index in [4.69, 9.17) is 9.47 Å². The first-order chi connectivity index (χ1) is 10.5. The lowest BCUT2D eigenvalue weighted by atomic mass is 10.1. The highest BCUT2D eigenvalue weighted by atomic mass is 19.4. The molecule has 0 atom stereocenters. The van der Waals surface area contributed by atoms with E-state index in [2.05, 4.69) is 9.97 Å². The summed E-state index contributed by atoms with van der Waals surface area (Å²) in [6, 6.07) is 6.38. The van der Waals surface area contributed by atoms with Crippen molar-refractivity contribution in [1.29, 1.82) is 0 Å². The number of nitrogens with zero attached hydrogens (tertiary/aromatic N) is 2. The van der Waals surface area contributed by atoms with E-state index in [-0.39, 0.29) is 11.5 Å². The zero-order valence-electron chi connectivity index (χ0n) is 11.7. The first kappa shape index (κ1) is 15.8. The quantitative estimate of drug-likeness (QED) is 0.846. The van der Waals surface area contributed by atoms with E-state index in [0.717, 1.165) is 5.56 Å². The average Bonchev–Trinajstić information content (AvgIpc) is 2.51. The maximum absolute atomic E-state index is 12.2. The van der Waals surface area contributed by atoms with Crippen LogP contribution in [0, 0.1) is 0 Å². The predicted octanol–water partition coefficient (Wildman–Crippen LogP) is 3.60. The number of alkyl halides is 3. The van der Waals surface area contributed by atoms with Gasteiger partial charge in [0, 0.05) is 6.20 Å². The summed E-state index contributed by atoms with van der Waals surface area (Å²) >= 11 is 0. The standard InChI is InChI=1S/C15H13F3N2O2/c1-21-14-8-11(2-4-12-6-7-19-10-20-12)3-5-13(14)22-9-15(16,17)18/h2-8,10H,9H2,1H3/b4-2+. The number of benzene rings is 1. The highest BCUT2D eigenvalue weighted by Gasteiger charge is 2.28. The molecule has 0 fully saturated rings. The molecule has 0 N–H and O–H groups in total. The third kappa shape index (κ3) is 4.76. The predicted molar refractivity (Wildman–Crippen MR) is 75.5 cm³/mol. The van der Waals surface area contributed by atoms with Gasteiger partial charge >= 0.3 is 6.18 Å². The zero-order chi connectivity index (χ0) is 16.0. The normalized spacial score (nSPS) is 11.6. The molecule has 0 amide bonds. The fraction of sp³-hybridized carbons (Fsp3) is 0.200. The highest BCUT2D eigenvalue weighted by Crippen LogP contribution is 2.30. The molecule has 7 heteroatoms. The Morgan fingerprint density at radius 2 is 1.95 bits per heavy atom. The fourth-order valence-corrected chi connectivity index (χ4v) is 1.65. The van der Waals surface area contributed by atoms with Gasteiger partial charge in [0.2, 0.25) is 0 Å². The Morgan fingerprint density at radius 3 is 2.59 bits per heavy atom. The summed E-state index contributed by atoms with van der Waals surface area (Å²) in [5.41, 5.74) is 1.46. The Bertz CT molecular complexity index is 643. The van der Waals surface area contributed by atoms with Crippen molar-refractivity contribution < 1.29 is 22.6 Å². The second-order valence-electron chi connectivity index (χ2n) is 4.28. The van der Waals surface area contributed by atoms with Crippen LogP contribution in [0.3, 0.4) is 0 Å². The second-order valence-corrected chi connectivity index (χ2v) is 4.28. The molecule has 0 saturated heterocycles. The molecule has 2 rings (SSSR count). The molecule has 22 heavy (non-hydrogen) atoms. The lowest BCUT2D eigenvalue weighted by molar-refractivity contribution is -0.153. The molecule has 1 heterocycles. The minimum atomic E-state index is -4.39. The Balaban J connectivity index is 2.13. The molecular weight excluding hydrogens is 297 g/mol. The van der Waals surface area contributed by atoms with Crippen molar-refractivity contribution >= 4 is 12.2 Å².